The summed E-state index contributed by atoms with van der Waals surface area (Å²) in [5.41, 5.74) is 1.20. The number of hydrogen-bond acceptors (Lipinski definition) is 3. The van der Waals surface area contributed by atoms with E-state index in [-0.39, 0.29) is 23.1 Å². The molecule has 2 aromatic rings. The van der Waals surface area contributed by atoms with Crippen LogP contribution in [0.4, 0.5) is 4.39 Å². The normalized spacial score (nSPS) is 11.2. The number of nitrogens with one attached hydrogen (secondary N) is 1. The highest BCUT2D eigenvalue weighted by atomic mass is 19.1. The predicted octanol–water partition coefficient (Wildman–Crippen LogP) is 2.81. The van der Waals surface area contributed by atoms with Crippen molar-refractivity contribution >= 4 is 5.91 Å². The first kappa shape index (κ1) is 14.1. The van der Waals surface area contributed by atoms with E-state index in [2.05, 4.69) is 15.3 Å². The number of carbonyl (C=O) groups is 1. The average Bonchev–Trinajstić information content (AvgIpc) is 2.38. The maximum absolute atomic E-state index is 12.8. The number of rotatable bonds is 2. The zero-order chi connectivity index (χ0) is 14.8. The average molecular weight is 273 g/mol. The molecule has 0 aliphatic heterocycles. The molecule has 0 unspecified atom stereocenters. The third kappa shape index (κ3) is 3.60. The van der Waals surface area contributed by atoms with Crippen LogP contribution in [0, 0.1) is 5.82 Å². The van der Waals surface area contributed by atoms with Gasteiger partial charge in [-0.05, 0) is 38.5 Å². The predicted molar refractivity (Wildman–Crippen MR) is 74.6 cm³/mol. The first-order chi connectivity index (χ1) is 9.35. The second-order valence-corrected chi connectivity index (χ2v) is 5.51. The van der Waals surface area contributed by atoms with Gasteiger partial charge in [-0.25, -0.2) is 14.4 Å². The van der Waals surface area contributed by atoms with E-state index in [0.717, 1.165) is 11.1 Å². The molecular formula is C15H16FN3O. The molecule has 1 aromatic heterocycles. The molecule has 1 amide bonds. The van der Waals surface area contributed by atoms with Crippen molar-refractivity contribution in [3.05, 3.63) is 48.3 Å². The van der Waals surface area contributed by atoms with Crippen molar-refractivity contribution in [2.24, 2.45) is 0 Å². The molecule has 0 fully saturated rings. The topological polar surface area (TPSA) is 54.9 Å². The van der Waals surface area contributed by atoms with Gasteiger partial charge in [0.05, 0.1) is 0 Å². The Labute approximate surface area is 117 Å². The molecule has 0 bridgehead atoms. The number of carbonyl (C=O) groups excluding carboxylic acids is 1. The van der Waals surface area contributed by atoms with Crippen molar-refractivity contribution in [2.45, 2.75) is 26.3 Å². The van der Waals surface area contributed by atoms with Gasteiger partial charge < -0.3 is 5.32 Å². The first-order valence-electron chi connectivity index (χ1n) is 6.26. The largest absolute Gasteiger partial charge is 0.345 e. The maximum atomic E-state index is 12.8. The van der Waals surface area contributed by atoms with Gasteiger partial charge in [0.1, 0.15) is 5.82 Å². The van der Waals surface area contributed by atoms with Crippen LogP contribution in [0.15, 0.2) is 36.7 Å². The van der Waals surface area contributed by atoms with Crippen molar-refractivity contribution in [3.63, 3.8) is 0 Å². The van der Waals surface area contributed by atoms with Crippen LogP contribution >= 0.6 is 0 Å². The lowest BCUT2D eigenvalue weighted by atomic mass is 10.1. The summed E-state index contributed by atoms with van der Waals surface area (Å²) in [7, 11) is 0. The lowest BCUT2D eigenvalue weighted by Crippen LogP contribution is -2.41. The molecule has 0 saturated heterocycles. The first-order valence-corrected chi connectivity index (χ1v) is 6.26. The minimum Gasteiger partial charge on any atom is -0.345 e. The molecule has 0 radical (unpaired) electrons. The molecule has 104 valence electrons. The lowest BCUT2D eigenvalue weighted by Gasteiger charge is -2.19. The molecule has 0 aliphatic rings. The van der Waals surface area contributed by atoms with E-state index in [9.17, 15) is 9.18 Å². The van der Waals surface area contributed by atoms with Crippen molar-refractivity contribution in [1.82, 2.24) is 15.3 Å². The standard InChI is InChI=1S/C15H16FN3O/c1-15(2,3)19-14(20)13-17-8-11(9-18-13)10-4-6-12(16)7-5-10/h4-9H,1-3H3,(H,19,20). The van der Waals surface area contributed by atoms with Crippen LogP contribution in [0.1, 0.15) is 31.4 Å². The van der Waals surface area contributed by atoms with Crippen molar-refractivity contribution < 1.29 is 9.18 Å². The monoisotopic (exact) mass is 273 g/mol. The molecule has 5 heteroatoms. The summed E-state index contributed by atoms with van der Waals surface area (Å²) in [6.07, 6.45) is 3.11. The highest BCUT2D eigenvalue weighted by Gasteiger charge is 2.17. The molecule has 0 spiro atoms. The van der Waals surface area contributed by atoms with Crippen LogP contribution in [0.25, 0.3) is 11.1 Å². The molecule has 1 N–H and O–H groups in total. The van der Waals surface area contributed by atoms with E-state index in [4.69, 9.17) is 0 Å². The lowest BCUT2D eigenvalue weighted by molar-refractivity contribution is 0.0909. The fourth-order valence-electron chi connectivity index (χ4n) is 1.63. The van der Waals surface area contributed by atoms with Crippen LogP contribution < -0.4 is 5.32 Å². The molecule has 1 heterocycles. The van der Waals surface area contributed by atoms with Gasteiger partial charge in [-0.15, -0.1) is 0 Å². The van der Waals surface area contributed by atoms with Gasteiger partial charge in [0, 0.05) is 23.5 Å². The summed E-state index contributed by atoms with van der Waals surface area (Å²) < 4.78 is 12.8. The van der Waals surface area contributed by atoms with E-state index in [1.807, 2.05) is 20.8 Å². The number of aromatic nitrogens is 2. The number of benzene rings is 1. The van der Waals surface area contributed by atoms with Crippen LogP contribution in [0.3, 0.4) is 0 Å². The Balaban J connectivity index is 2.18. The molecule has 0 aliphatic carbocycles. The molecule has 0 saturated carbocycles. The Kier molecular flexibility index (Phi) is 3.79. The highest BCUT2D eigenvalue weighted by molar-refractivity contribution is 5.91. The minimum absolute atomic E-state index is 0.116. The van der Waals surface area contributed by atoms with Crippen LogP contribution in [-0.2, 0) is 0 Å². The van der Waals surface area contributed by atoms with Crippen LogP contribution in [-0.4, -0.2) is 21.4 Å². The third-order valence-corrected chi connectivity index (χ3v) is 2.52. The third-order valence-electron chi connectivity index (χ3n) is 2.52. The Morgan fingerprint density at radius 1 is 1.05 bits per heavy atom. The summed E-state index contributed by atoms with van der Waals surface area (Å²) in [6, 6.07) is 6.02. The smallest absolute Gasteiger partial charge is 0.289 e. The zero-order valence-electron chi connectivity index (χ0n) is 11.6. The minimum atomic E-state index is -0.337. The van der Waals surface area contributed by atoms with Crippen LogP contribution in [0.2, 0.25) is 0 Å². The van der Waals surface area contributed by atoms with Crippen LogP contribution in [0.5, 0.6) is 0 Å². The van der Waals surface area contributed by atoms with Gasteiger partial charge in [0.15, 0.2) is 0 Å². The van der Waals surface area contributed by atoms with E-state index in [1.54, 1.807) is 24.5 Å². The molecular weight excluding hydrogens is 257 g/mol. The summed E-state index contributed by atoms with van der Waals surface area (Å²) in [6.45, 7) is 5.66. The molecule has 1 aromatic carbocycles. The van der Waals surface area contributed by atoms with Crippen molar-refractivity contribution in [3.8, 4) is 11.1 Å². The molecule has 4 nitrogen and oxygen atoms in total. The number of nitrogens with zero attached hydrogens (tertiary/aromatic N) is 2. The fourth-order valence-corrected chi connectivity index (χ4v) is 1.63. The Morgan fingerprint density at radius 3 is 2.10 bits per heavy atom. The summed E-state index contributed by atoms with van der Waals surface area (Å²) in [5.74, 6) is -0.496. The summed E-state index contributed by atoms with van der Waals surface area (Å²) in [4.78, 5) is 20.0. The molecule has 20 heavy (non-hydrogen) atoms. The Hall–Kier alpha value is -2.30. The zero-order valence-corrected chi connectivity index (χ0v) is 11.6. The summed E-state index contributed by atoms with van der Waals surface area (Å²) in [5, 5.41) is 2.79. The SMILES string of the molecule is CC(C)(C)NC(=O)c1ncc(-c2ccc(F)cc2)cn1. The van der Waals surface area contributed by atoms with Crippen molar-refractivity contribution in [1.29, 1.82) is 0 Å². The van der Waals surface area contributed by atoms with Gasteiger partial charge in [-0.1, -0.05) is 12.1 Å². The van der Waals surface area contributed by atoms with Crippen molar-refractivity contribution in [2.75, 3.05) is 0 Å². The Bertz CT molecular complexity index is 601. The second-order valence-electron chi connectivity index (χ2n) is 5.51. The quantitative estimate of drug-likeness (QED) is 0.915. The molecule has 2 rings (SSSR count). The van der Waals surface area contributed by atoms with E-state index in [0.29, 0.717) is 0 Å². The fraction of sp³-hybridized carbons (Fsp3) is 0.267. The number of amides is 1. The Morgan fingerprint density at radius 2 is 1.60 bits per heavy atom. The number of hydrogen-bond donors (Lipinski definition) is 1. The maximum Gasteiger partial charge on any atom is 0.289 e. The van der Waals surface area contributed by atoms with E-state index in [1.165, 1.54) is 12.1 Å². The summed E-state index contributed by atoms with van der Waals surface area (Å²) >= 11 is 0. The van der Waals surface area contributed by atoms with Gasteiger partial charge in [0.2, 0.25) is 5.82 Å². The second kappa shape index (κ2) is 5.36. The van der Waals surface area contributed by atoms with Gasteiger partial charge in [-0.2, -0.15) is 0 Å². The number of halogens is 1. The van der Waals surface area contributed by atoms with Gasteiger partial charge >= 0.3 is 0 Å². The van der Waals surface area contributed by atoms with E-state index < -0.39 is 0 Å². The van der Waals surface area contributed by atoms with E-state index >= 15 is 0 Å². The van der Waals surface area contributed by atoms with Gasteiger partial charge in [0.25, 0.3) is 5.91 Å². The molecule has 0 atom stereocenters. The van der Waals surface area contributed by atoms with Gasteiger partial charge in [-0.3, -0.25) is 4.79 Å². The highest BCUT2D eigenvalue weighted by Crippen LogP contribution is 2.17.